The number of hydrogen-bond donors (Lipinski definition) is 0. The van der Waals surface area contributed by atoms with Gasteiger partial charge in [0.2, 0.25) is 5.83 Å². The van der Waals surface area contributed by atoms with E-state index < -0.39 is 16.9 Å². The van der Waals surface area contributed by atoms with Crippen molar-refractivity contribution in [2.24, 2.45) is 5.92 Å². The van der Waals surface area contributed by atoms with Crippen LogP contribution in [-0.4, -0.2) is 17.3 Å². The zero-order valence-corrected chi connectivity index (χ0v) is 7.90. The van der Waals surface area contributed by atoms with Crippen molar-refractivity contribution >= 4 is 22.8 Å². The van der Waals surface area contributed by atoms with Gasteiger partial charge in [-0.2, -0.15) is 4.39 Å². The third kappa shape index (κ3) is 3.18. The van der Waals surface area contributed by atoms with E-state index in [1.807, 2.05) is 0 Å². The van der Waals surface area contributed by atoms with E-state index in [0.717, 1.165) is 24.6 Å². The average Bonchev–Trinajstić information content (AvgIpc) is 2.95. The zero-order valence-electron chi connectivity index (χ0n) is 7.08. The summed E-state index contributed by atoms with van der Waals surface area (Å²) in [5, 5.41) is -0.733. The first-order valence-corrected chi connectivity index (χ1v) is 5.02. The topological polar surface area (TPSA) is 43.4 Å². The molecule has 1 aliphatic rings. The van der Waals surface area contributed by atoms with Crippen molar-refractivity contribution in [1.29, 1.82) is 0 Å². The smallest absolute Gasteiger partial charge is 0.313 e. The second kappa shape index (κ2) is 4.41. The van der Waals surface area contributed by atoms with Gasteiger partial charge in [-0.3, -0.25) is 9.59 Å². The highest BCUT2D eigenvalue weighted by atomic mass is 32.2. The third-order valence-corrected chi connectivity index (χ3v) is 2.14. The zero-order chi connectivity index (χ0) is 9.84. The Bertz CT molecular complexity index is 258. The van der Waals surface area contributed by atoms with Gasteiger partial charge >= 0.3 is 5.97 Å². The second-order valence-corrected chi connectivity index (χ2v) is 3.45. The Labute approximate surface area is 79.3 Å². The van der Waals surface area contributed by atoms with Crippen molar-refractivity contribution in [1.82, 2.24) is 0 Å². The number of rotatable bonds is 3. The lowest BCUT2D eigenvalue weighted by molar-refractivity contribution is -0.139. The van der Waals surface area contributed by atoms with Gasteiger partial charge in [-0.15, -0.1) is 0 Å². The summed E-state index contributed by atoms with van der Waals surface area (Å²) >= 11 is 0.735. The highest BCUT2D eigenvalue weighted by Gasteiger charge is 2.31. The lowest BCUT2D eigenvalue weighted by Gasteiger charge is -1.95. The molecular formula is C8H9FO3S. The Kier molecular flexibility index (Phi) is 3.48. The number of carbonyl (C=O) groups excluding carboxylic acids is 2. The molecule has 72 valence electrons. The molecule has 0 atom stereocenters. The lowest BCUT2D eigenvalue weighted by atomic mass is 10.4. The molecule has 1 saturated carbocycles. The predicted octanol–water partition coefficient (Wildman–Crippen LogP) is 1.64. The van der Waals surface area contributed by atoms with Crippen LogP contribution in [-0.2, 0) is 14.3 Å². The molecule has 1 fully saturated rings. The first kappa shape index (κ1) is 10.2. The summed E-state index contributed by atoms with van der Waals surface area (Å²) in [5.74, 6) is -1.57. The van der Waals surface area contributed by atoms with Crippen LogP contribution in [0.2, 0.25) is 0 Å². The van der Waals surface area contributed by atoms with Gasteiger partial charge in [-0.25, -0.2) is 0 Å². The molecule has 0 heterocycles. The van der Waals surface area contributed by atoms with E-state index in [0.29, 0.717) is 6.26 Å². The minimum absolute atomic E-state index is 0.0894. The van der Waals surface area contributed by atoms with E-state index in [9.17, 15) is 14.0 Å². The van der Waals surface area contributed by atoms with E-state index in [-0.39, 0.29) is 5.92 Å². The fourth-order valence-electron chi connectivity index (χ4n) is 0.671. The summed E-state index contributed by atoms with van der Waals surface area (Å²) in [6.07, 6.45) is 3.63. The normalized spacial score (nSPS) is 16.9. The van der Waals surface area contributed by atoms with Crippen LogP contribution in [0.3, 0.4) is 0 Å². The van der Waals surface area contributed by atoms with Gasteiger partial charge in [-0.1, -0.05) is 11.8 Å². The van der Waals surface area contributed by atoms with E-state index in [4.69, 9.17) is 0 Å². The van der Waals surface area contributed by atoms with Gasteiger partial charge in [0.25, 0.3) is 5.12 Å². The predicted molar refractivity (Wildman–Crippen MR) is 46.5 cm³/mol. The van der Waals surface area contributed by atoms with Crippen LogP contribution in [0, 0.1) is 5.92 Å². The van der Waals surface area contributed by atoms with Gasteiger partial charge in [0.1, 0.15) is 6.26 Å². The van der Waals surface area contributed by atoms with Crippen LogP contribution in [0.15, 0.2) is 12.1 Å². The van der Waals surface area contributed by atoms with Crippen molar-refractivity contribution < 1.29 is 18.7 Å². The van der Waals surface area contributed by atoms with Gasteiger partial charge < -0.3 is 4.74 Å². The van der Waals surface area contributed by atoms with Crippen LogP contribution >= 0.6 is 11.8 Å². The largest absolute Gasteiger partial charge is 0.431 e. The molecule has 0 spiro atoms. The van der Waals surface area contributed by atoms with Gasteiger partial charge in [-0.05, 0) is 19.1 Å². The van der Waals surface area contributed by atoms with Crippen LogP contribution in [0.25, 0.3) is 0 Å². The molecule has 0 aromatic carbocycles. The third-order valence-electron chi connectivity index (χ3n) is 1.57. The number of carbonyl (C=O) groups is 2. The summed E-state index contributed by atoms with van der Waals surface area (Å²) in [5.41, 5.74) is 0. The number of thioether (sulfide) groups is 1. The number of hydrogen-bond acceptors (Lipinski definition) is 4. The number of esters is 1. The maximum Gasteiger partial charge on any atom is 0.313 e. The van der Waals surface area contributed by atoms with Crippen molar-refractivity contribution in [2.45, 2.75) is 12.8 Å². The first-order valence-electron chi connectivity index (χ1n) is 3.79. The van der Waals surface area contributed by atoms with E-state index in [1.54, 1.807) is 0 Å². The van der Waals surface area contributed by atoms with E-state index in [1.165, 1.54) is 6.26 Å². The Morgan fingerprint density at radius 2 is 2.15 bits per heavy atom. The fourth-order valence-corrected chi connectivity index (χ4v) is 0.914. The van der Waals surface area contributed by atoms with Crippen LogP contribution in [0.1, 0.15) is 12.8 Å². The lowest BCUT2D eigenvalue weighted by Crippen LogP contribution is -2.02. The van der Waals surface area contributed by atoms with Crippen molar-refractivity contribution in [3.05, 3.63) is 12.1 Å². The van der Waals surface area contributed by atoms with Crippen LogP contribution < -0.4 is 0 Å². The summed E-state index contributed by atoms with van der Waals surface area (Å²) in [6, 6.07) is 0. The fraction of sp³-hybridized carbons (Fsp3) is 0.500. The Hall–Kier alpha value is -0.840. The molecule has 0 N–H and O–H groups in total. The summed E-state index contributed by atoms with van der Waals surface area (Å²) < 4.78 is 17.1. The summed E-state index contributed by atoms with van der Waals surface area (Å²) in [4.78, 5) is 21.5. The Balaban J connectivity index is 2.37. The minimum atomic E-state index is -1.03. The van der Waals surface area contributed by atoms with Gasteiger partial charge in [0.05, 0.1) is 5.92 Å². The molecule has 0 aromatic heterocycles. The quantitative estimate of drug-likeness (QED) is 0.398. The SMILES string of the molecule is CSC(=O)C(F)=COC(=O)C1CC1. The average molecular weight is 204 g/mol. The van der Waals surface area contributed by atoms with E-state index in [2.05, 4.69) is 4.74 Å². The molecule has 13 heavy (non-hydrogen) atoms. The molecule has 0 unspecified atom stereocenters. The van der Waals surface area contributed by atoms with Crippen molar-refractivity contribution in [2.75, 3.05) is 6.26 Å². The summed E-state index contributed by atoms with van der Waals surface area (Å²) in [6.45, 7) is 0. The molecule has 1 rings (SSSR count). The molecular weight excluding hydrogens is 195 g/mol. The first-order chi connectivity index (χ1) is 6.15. The number of ether oxygens (including phenoxy) is 1. The molecule has 0 radical (unpaired) electrons. The molecule has 1 aliphatic carbocycles. The minimum Gasteiger partial charge on any atom is -0.431 e. The molecule has 0 bridgehead atoms. The van der Waals surface area contributed by atoms with Gasteiger partial charge in [0, 0.05) is 0 Å². The Morgan fingerprint density at radius 3 is 2.62 bits per heavy atom. The van der Waals surface area contributed by atoms with E-state index >= 15 is 0 Å². The van der Waals surface area contributed by atoms with Crippen LogP contribution in [0.4, 0.5) is 4.39 Å². The van der Waals surface area contributed by atoms with Gasteiger partial charge in [0.15, 0.2) is 0 Å². The molecule has 0 aliphatic heterocycles. The van der Waals surface area contributed by atoms with Crippen molar-refractivity contribution in [3.63, 3.8) is 0 Å². The number of halogens is 1. The molecule has 0 aromatic rings. The second-order valence-electron chi connectivity index (χ2n) is 2.67. The standard InChI is InChI=1S/C8H9FO3S/c1-13-8(11)6(9)4-12-7(10)5-2-3-5/h4-5H,2-3H2,1H3. The molecule has 0 amide bonds. The molecule has 5 heteroatoms. The monoisotopic (exact) mass is 204 g/mol. The maximum atomic E-state index is 12.7. The summed E-state index contributed by atoms with van der Waals surface area (Å²) in [7, 11) is 0. The molecule has 3 nitrogen and oxygen atoms in total. The highest BCUT2D eigenvalue weighted by molar-refractivity contribution is 8.13. The highest BCUT2D eigenvalue weighted by Crippen LogP contribution is 2.30. The Morgan fingerprint density at radius 1 is 1.54 bits per heavy atom. The van der Waals surface area contributed by atoms with Crippen molar-refractivity contribution in [3.8, 4) is 0 Å². The maximum absolute atomic E-state index is 12.7. The van der Waals surface area contributed by atoms with Crippen LogP contribution in [0.5, 0.6) is 0 Å². The molecule has 0 saturated heterocycles.